The number of thioether (sulfide) groups is 1. The van der Waals surface area contributed by atoms with Gasteiger partial charge in [0, 0.05) is 18.2 Å². The molecule has 1 rings (SSSR count). The maximum atomic E-state index is 11.9. The van der Waals surface area contributed by atoms with Gasteiger partial charge < -0.3 is 10.4 Å². The average Bonchev–Trinajstić information content (AvgIpc) is 2.43. The SMILES string of the molecule is CSCC(C)CNC(=O)c1ccc(C=CC(=O)O)cc1. The summed E-state index contributed by atoms with van der Waals surface area (Å²) in [5.41, 5.74) is 1.33. The Morgan fingerprint density at radius 2 is 2.00 bits per heavy atom. The molecule has 0 heterocycles. The van der Waals surface area contributed by atoms with Crippen molar-refractivity contribution in [2.24, 2.45) is 5.92 Å². The summed E-state index contributed by atoms with van der Waals surface area (Å²) in [6.45, 7) is 2.75. The van der Waals surface area contributed by atoms with Crippen LogP contribution in [0.2, 0.25) is 0 Å². The average molecular weight is 293 g/mol. The van der Waals surface area contributed by atoms with Crippen molar-refractivity contribution in [3.8, 4) is 0 Å². The molecule has 5 heteroatoms. The smallest absolute Gasteiger partial charge is 0.328 e. The van der Waals surface area contributed by atoms with Gasteiger partial charge in [-0.3, -0.25) is 4.79 Å². The summed E-state index contributed by atoms with van der Waals surface area (Å²) in [6.07, 6.45) is 4.60. The van der Waals surface area contributed by atoms with Crippen LogP contribution >= 0.6 is 11.8 Å². The van der Waals surface area contributed by atoms with E-state index in [1.165, 1.54) is 6.08 Å². The van der Waals surface area contributed by atoms with E-state index in [4.69, 9.17) is 5.11 Å². The molecule has 0 radical (unpaired) electrons. The highest BCUT2D eigenvalue weighted by Gasteiger charge is 2.07. The maximum absolute atomic E-state index is 11.9. The second kappa shape index (κ2) is 8.43. The van der Waals surface area contributed by atoms with Crippen LogP contribution in [0.1, 0.15) is 22.8 Å². The molecule has 20 heavy (non-hydrogen) atoms. The monoisotopic (exact) mass is 293 g/mol. The lowest BCUT2D eigenvalue weighted by molar-refractivity contribution is -0.131. The van der Waals surface area contributed by atoms with Gasteiger partial charge in [-0.2, -0.15) is 11.8 Å². The van der Waals surface area contributed by atoms with Crippen molar-refractivity contribution < 1.29 is 14.7 Å². The van der Waals surface area contributed by atoms with Crippen LogP contribution in [0.15, 0.2) is 30.3 Å². The topological polar surface area (TPSA) is 66.4 Å². The first-order valence-electron chi connectivity index (χ1n) is 6.31. The molecule has 1 atom stereocenters. The van der Waals surface area contributed by atoms with Crippen molar-refractivity contribution in [3.63, 3.8) is 0 Å². The molecule has 0 aliphatic rings. The van der Waals surface area contributed by atoms with E-state index in [1.54, 1.807) is 36.0 Å². The number of hydrogen-bond donors (Lipinski definition) is 2. The standard InChI is InChI=1S/C15H19NO3S/c1-11(10-20-2)9-16-15(19)13-6-3-12(4-7-13)5-8-14(17)18/h3-8,11H,9-10H2,1-2H3,(H,16,19)(H,17,18). The first-order valence-corrected chi connectivity index (χ1v) is 7.70. The largest absolute Gasteiger partial charge is 0.478 e. The molecule has 0 aliphatic heterocycles. The summed E-state index contributed by atoms with van der Waals surface area (Å²) < 4.78 is 0. The number of carboxylic acids is 1. The van der Waals surface area contributed by atoms with Crippen LogP contribution in [0.3, 0.4) is 0 Å². The number of hydrogen-bond acceptors (Lipinski definition) is 3. The molecular weight excluding hydrogens is 274 g/mol. The zero-order valence-electron chi connectivity index (χ0n) is 11.6. The Kier molecular flexibility index (Phi) is 6.87. The van der Waals surface area contributed by atoms with E-state index in [0.29, 0.717) is 18.0 Å². The third-order valence-electron chi connectivity index (χ3n) is 2.65. The molecule has 0 spiro atoms. The van der Waals surface area contributed by atoms with Gasteiger partial charge in [-0.05, 0) is 41.7 Å². The van der Waals surface area contributed by atoms with Crippen LogP contribution in [-0.4, -0.2) is 35.5 Å². The van der Waals surface area contributed by atoms with Crippen molar-refractivity contribution in [2.45, 2.75) is 6.92 Å². The Morgan fingerprint density at radius 1 is 1.35 bits per heavy atom. The van der Waals surface area contributed by atoms with Gasteiger partial charge in [0.25, 0.3) is 5.91 Å². The highest BCUT2D eigenvalue weighted by molar-refractivity contribution is 7.98. The summed E-state index contributed by atoms with van der Waals surface area (Å²) in [7, 11) is 0. The van der Waals surface area contributed by atoms with E-state index >= 15 is 0 Å². The molecule has 0 aliphatic carbocycles. The second-order valence-electron chi connectivity index (χ2n) is 4.56. The summed E-state index contributed by atoms with van der Waals surface area (Å²) in [4.78, 5) is 22.3. The Bertz CT molecular complexity index is 482. The number of amides is 1. The van der Waals surface area contributed by atoms with E-state index in [9.17, 15) is 9.59 Å². The van der Waals surface area contributed by atoms with Crippen molar-refractivity contribution in [1.82, 2.24) is 5.32 Å². The van der Waals surface area contributed by atoms with E-state index in [2.05, 4.69) is 12.2 Å². The zero-order valence-corrected chi connectivity index (χ0v) is 12.4. The first kappa shape index (κ1) is 16.3. The Morgan fingerprint density at radius 3 is 2.55 bits per heavy atom. The molecule has 0 fully saturated rings. The van der Waals surface area contributed by atoms with E-state index in [1.807, 2.05) is 6.26 Å². The number of nitrogens with one attached hydrogen (secondary N) is 1. The molecule has 4 nitrogen and oxygen atoms in total. The van der Waals surface area contributed by atoms with Gasteiger partial charge in [-0.15, -0.1) is 0 Å². The van der Waals surface area contributed by atoms with Gasteiger partial charge in [0.1, 0.15) is 0 Å². The lowest BCUT2D eigenvalue weighted by Gasteiger charge is -2.11. The highest BCUT2D eigenvalue weighted by Crippen LogP contribution is 2.07. The van der Waals surface area contributed by atoms with Crippen molar-refractivity contribution in [3.05, 3.63) is 41.5 Å². The molecule has 1 unspecified atom stereocenters. The molecule has 108 valence electrons. The Balaban J connectivity index is 2.55. The molecule has 2 N–H and O–H groups in total. The normalized spacial score (nSPS) is 12.3. The molecule has 0 saturated heterocycles. The quantitative estimate of drug-likeness (QED) is 0.758. The summed E-state index contributed by atoms with van der Waals surface area (Å²) in [5, 5.41) is 11.4. The van der Waals surface area contributed by atoms with Gasteiger partial charge in [0.15, 0.2) is 0 Å². The third-order valence-corrected chi connectivity index (χ3v) is 3.56. The van der Waals surface area contributed by atoms with Crippen molar-refractivity contribution in [2.75, 3.05) is 18.6 Å². The van der Waals surface area contributed by atoms with Crippen molar-refractivity contribution >= 4 is 29.7 Å². The minimum atomic E-state index is -0.991. The minimum absolute atomic E-state index is 0.105. The fourth-order valence-corrected chi connectivity index (χ4v) is 2.31. The molecular formula is C15H19NO3S. The van der Waals surface area contributed by atoms with E-state index in [0.717, 1.165) is 17.4 Å². The second-order valence-corrected chi connectivity index (χ2v) is 5.47. The fraction of sp³-hybridized carbons (Fsp3) is 0.333. The molecule has 1 amide bonds. The lowest BCUT2D eigenvalue weighted by Crippen LogP contribution is -2.29. The molecule has 0 aromatic heterocycles. The van der Waals surface area contributed by atoms with Gasteiger partial charge in [-0.25, -0.2) is 4.79 Å². The number of rotatable bonds is 7. The zero-order chi connectivity index (χ0) is 15.0. The molecule has 0 bridgehead atoms. The molecule has 0 saturated carbocycles. The highest BCUT2D eigenvalue weighted by atomic mass is 32.2. The summed E-state index contributed by atoms with van der Waals surface area (Å²) >= 11 is 1.76. The molecule has 1 aromatic carbocycles. The first-order chi connectivity index (χ1) is 9.52. The number of carbonyl (C=O) groups excluding carboxylic acids is 1. The number of carboxylic acid groups (broad SMARTS) is 1. The predicted octanol–water partition coefficient (Wildman–Crippen LogP) is 2.51. The number of benzene rings is 1. The van der Waals surface area contributed by atoms with Crippen LogP contribution in [0.5, 0.6) is 0 Å². The van der Waals surface area contributed by atoms with Crippen LogP contribution in [0.25, 0.3) is 6.08 Å². The number of aliphatic carboxylic acids is 1. The fourth-order valence-electron chi connectivity index (χ4n) is 1.63. The van der Waals surface area contributed by atoms with E-state index in [-0.39, 0.29) is 5.91 Å². The molecule has 1 aromatic rings. The van der Waals surface area contributed by atoms with Gasteiger partial charge in [-0.1, -0.05) is 19.1 Å². The van der Waals surface area contributed by atoms with Crippen LogP contribution < -0.4 is 5.32 Å². The van der Waals surface area contributed by atoms with Gasteiger partial charge in [0.2, 0.25) is 0 Å². The van der Waals surface area contributed by atoms with Crippen LogP contribution in [-0.2, 0) is 4.79 Å². The number of carbonyl (C=O) groups is 2. The minimum Gasteiger partial charge on any atom is -0.478 e. The van der Waals surface area contributed by atoms with Gasteiger partial charge in [0.05, 0.1) is 0 Å². The summed E-state index contributed by atoms with van der Waals surface area (Å²) in [5.74, 6) is 0.354. The van der Waals surface area contributed by atoms with Gasteiger partial charge >= 0.3 is 5.97 Å². The lowest BCUT2D eigenvalue weighted by atomic mass is 10.1. The predicted molar refractivity (Wildman–Crippen MR) is 83.0 cm³/mol. The van der Waals surface area contributed by atoms with E-state index < -0.39 is 5.97 Å². The Labute approximate surface area is 123 Å². The summed E-state index contributed by atoms with van der Waals surface area (Å²) in [6, 6.07) is 6.82. The van der Waals surface area contributed by atoms with Crippen LogP contribution in [0, 0.1) is 5.92 Å². The third kappa shape index (κ3) is 5.93. The maximum Gasteiger partial charge on any atom is 0.328 e. The Hall–Kier alpha value is -1.75. The van der Waals surface area contributed by atoms with Crippen molar-refractivity contribution in [1.29, 1.82) is 0 Å². The van der Waals surface area contributed by atoms with Crippen LogP contribution in [0.4, 0.5) is 0 Å².